The number of aryl methyl sites for hydroxylation is 2. The Hall–Kier alpha value is -3.71. The highest BCUT2D eigenvalue weighted by Gasteiger charge is 2.22. The lowest BCUT2D eigenvalue weighted by molar-refractivity contribution is 1.37. The molecule has 6 rings (SSSR count). The summed E-state index contributed by atoms with van der Waals surface area (Å²) in [5.74, 6) is 0. The second-order valence-electron chi connectivity index (χ2n) is 8.20. The molecule has 1 nitrogen and oxygen atoms in total. The third kappa shape index (κ3) is 2.52. The zero-order chi connectivity index (χ0) is 20.2. The molecule has 0 saturated carbocycles. The highest BCUT2D eigenvalue weighted by Crippen LogP contribution is 2.47. The number of hydrogen-bond donors (Lipinski definition) is 0. The quantitative estimate of drug-likeness (QED) is 0.297. The Morgan fingerprint density at radius 3 is 2.10 bits per heavy atom. The van der Waals surface area contributed by atoms with E-state index in [0.717, 1.165) is 16.8 Å². The Labute approximate surface area is 176 Å². The summed E-state index contributed by atoms with van der Waals surface area (Å²) in [6.45, 7) is 4.32. The molecule has 1 aliphatic rings. The largest absolute Gasteiger partial charge is 0.248 e. The van der Waals surface area contributed by atoms with Crippen molar-refractivity contribution in [2.45, 2.75) is 13.8 Å². The first-order valence-electron chi connectivity index (χ1n) is 10.4. The molecule has 142 valence electrons. The highest BCUT2D eigenvalue weighted by molar-refractivity contribution is 6.14. The molecule has 1 aliphatic carbocycles. The highest BCUT2D eigenvalue weighted by atomic mass is 14.7. The number of rotatable bonds is 2. The second-order valence-corrected chi connectivity index (χ2v) is 8.20. The van der Waals surface area contributed by atoms with Gasteiger partial charge in [0.05, 0.1) is 11.2 Å². The third-order valence-electron chi connectivity index (χ3n) is 6.19. The van der Waals surface area contributed by atoms with Crippen molar-refractivity contribution < 1.29 is 0 Å². The molecule has 1 aromatic heterocycles. The van der Waals surface area contributed by atoms with Crippen LogP contribution in [0.25, 0.3) is 55.5 Å². The van der Waals surface area contributed by atoms with Crippen molar-refractivity contribution in [1.82, 2.24) is 4.98 Å². The number of benzene rings is 4. The van der Waals surface area contributed by atoms with Crippen LogP contribution < -0.4 is 0 Å². The third-order valence-corrected chi connectivity index (χ3v) is 6.19. The minimum atomic E-state index is 1.03. The van der Waals surface area contributed by atoms with Crippen LogP contribution >= 0.6 is 0 Å². The average Bonchev–Trinajstić information content (AvgIpc) is 3.09. The van der Waals surface area contributed by atoms with Crippen molar-refractivity contribution in [2.75, 3.05) is 0 Å². The number of pyridine rings is 1. The summed E-state index contributed by atoms with van der Waals surface area (Å²) in [6.07, 6.45) is 0. The summed E-state index contributed by atoms with van der Waals surface area (Å²) >= 11 is 0. The first-order valence-corrected chi connectivity index (χ1v) is 10.4. The number of hydrogen-bond acceptors (Lipinski definition) is 1. The number of aromatic nitrogens is 1. The summed E-state index contributed by atoms with van der Waals surface area (Å²) in [5.41, 5.74) is 13.5. The van der Waals surface area contributed by atoms with E-state index in [9.17, 15) is 0 Å². The first kappa shape index (κ1) is 17.2. The second kappa shape index (κ2) is 6.40. The predicted molar refractivity (Wildman–Crippen MR) is 127 cm³/mol. The van der Waals surface area contributed by atoms with E-state index in [-0.39, 0.29) is 0 Å². The maximum absolute atomic E-state index is 5.06. The Morgan fingerprint density at radius 1 is 0.533 bits per heavy atom. The van der Waals surface area contributed by atoms with Crippen molar-refractivity contribution >= 4 is 10.9 Å². The lowest BCUT2D eigenvalue weighted by Gasteiger charge is -2.11. The van der Waals surface area contributed by atoms with Crippen LogP contribution in [0.3, 0.4) is 0 Å². The van der Waals surface area contributed by atoms with E-state index in [1.807, 2.05) is 0 Å². The van der Waals surface area contributed by atoms with Crippen LogP contribution in [0, 0.1) is 13.8 Å². The van der Waals surface area contributed by atoms with E-state index >= 15 is 0 Å². The summed E-state index contributed by atoms with van der Waals surface area (Å²) in [6, 6.07) is 32.8. The Kier molecular flexibility index (Phi) is 3.66. The molecule has 4 aromatic carbocycles. The summed E-state index contributed by atoms with van der Waals surface area (Å²) in [5, 5.41) is 1.27. The molecule has 0 spiro atoms. The fourth-order valence-electron chi connectivity index (χ4n) is 4.81. The van der Waals surface area contributed by atoms with Gasteiger partial charge >= 0.3 is 0 Å². The molecule has 1 heterocycles. The van der Waals surface area contributed by atoms with Gasteiger partial charge in [-0.3, -0.25) is 0 Å². The molecule has 5 aromatic rings. The SMILES string of the molecule is Cc1ccc(-c2cccc(-c3cc4c5c(cccc5n3)-c3ccccc3-4)c2)c(C)c1. The van der Waals surface area contributed by atoms with Gasteiger partial charge in [-0.2, -0.15) is 0 Å². The normalized spacial score (nSPS) is 11.7. The van der Waals surface area contributed by atoms with Gasteiger partial charge in [0.15, 0.2) is 0 Å². The molecule has 30 heavy (non-hydrogen) atoms. The van der Waals surface area contributed by atoms with Crippen molar-refractivity contribution in [3.8, 4) is 44.6 Å². The van der Waals surface area contributed by atoms with Gasteiger partial charge in [-0.1, -0.05) is 78.4 Å². The monoisotopic (exact) mass is 383 g/mol. The Bertz CT molecular complexity index is 1460. The number of nitrogens with zero attached hydrogens (tertiary/aromatic N) is 1. The minimum absolute atomic E-state index is 1.03. The molecule has 0 radical (unpaired) electrons. The van der Waals surface area contributed by atoms with E-state index in [0.29, 0.717) is 0 Å². The molecule has 0 amide bonds. The van der Waals surface area contributed by atoms with Gasteiger partial charge in [-0.05, 0) is 71.0 Å². The van der Waals surface area contributed by atoms with E-state index in [1.54, 1.807) is 0 Å². The van der Waals surface area contributed by atoms with Crippen molar-refractivity contribution in [1.29, 1.82) is 0 Å². The van der Waals surface area contributed by atoms with Gasteiger partial charge < -0.3 is 0 Å². The van der Waals surface area contributed by atoms with Crippen molar-refractivity contribution in [3.63, 3.8) is 0 Å². The van der Waals surface area contributed by atoms with Crippen LogP contribution in [-0.2, 0) is 0 Å². The topological polar surface area (TPSA) is 12.9 Å². The fraction of sp³-hybridized carbons (Fsp3) is 0.0690. The van der Waals surface area contributed by atoms with Crippen LogP contribution in [-0.4, -0.2) is 4.98 Å². The van der Waals surface area contributed by atoms with Crippen LogP contribution in [0.5, 0.6) is 0 Å². The van der Waals surface area contributed by atoms with E-state index in [1.165, 1.54) is 49.9 Å². The zero-order valence-corrected chi connectivity index (χ0v) is 17.1. The molecule has 0 saturated heterocycles. The van der Waals surface area contributed by atoms with Crippen LogP contribution in [0.2, 0.25) is 0 Å². The van der Waals surface area contributed by atoms with Crippen LogP contribution in [0.1, 0.15) is 11.1 Å². The molecule has 0 unspecified atom stereocenters. The van der Waals surface area contributed by atoms with E-state index < -0.39 is 0 Å². The fourth-order valence-corrected chi connectivity index (χ4v) is 4.81. The maximum atomic E-state index is 5.06. The lowest BCUT2D eigenvalue weighted by atomic mass is 9.96. The van der Waals surface area contributed by atoms with Gasteiger partial charge in [0.1, 0.15) is 0 Å². The van der Waals surface area contributed by atoms with Crippen LogP contribution in [0.15, 0.2) is 91.0 Å². The molecular weight excluding hydrogens is 362 g/mol. The van der Waals surface area contributed by atoms with Gasteiger partial charge in [-0.15, -0.1) is 0 Å². The molecular formula is C29H21N. The average molecular weight is 383 g/mol. The standard InChI is InChI=1S/C29H21N/c1-18-13-14-22(19(2)15-18)20-7-5-8-21(16-20)28-17-26-24-10-4-3-9-23(24)25-11-6-12-27(30-28)29(25)26/h3-17H,1-2H3. The van der Waals surface area contributed by atoms with E-state index in [2.05, 4.69) is 105 Å². The minimum Gasteiger partial charge on any atom is -0.248 e. The summed E-state index contributed by atoms with van der Waals surface area (Å²) < 4.78 is 0. The molecule has 0 aliphatic heterocycles. The van der Waals surface area contributed by atoms with Gasteiger partial charge in [0, 0.05) is 10.9 Å². The lowest BCUT2D eigenvalue weighted by Crippen LogP contribution is -1.89. The molecule has 0 N–H and O–H groups in total. The smallest absolute Gasteiger partial charge is 0.0722 e. The number of fused-ring (bicyclic) bond motifs is 3. The summed E-state index contributed by atoms with van der Waals surface area (Å²) in [7, 11) is 0. The van der Waals surface area contributed by atoms with Crippen LogP contribution in [0.4, 0.5) is 0 Å². The van der Waals surface area contributed by atoms with Gasteiger partial charge in [-0.25, -0.2) is 4.98 Å². The maximum Gasteiger partial charge on any atom is 0.0722 e. The molecule has 1 heteroatoms. The van der Waals surface area contributed by atoms with Gasteiger partial charge in [0.2, 0.25) is 0 Å². The Morgan fingerprint density at radius 2 is 1.27 bits per heavy atom. The Balaban J connectivity index is 1.56. The molecule has 0 fully saturated rings. The molecule has 0 atom stereocenters. The summed E-state index contributed by atoms with van der Waals surface area (Å²) in [4.78, 5) is 5.06. The predicted octanol–water partition coefficient (Wildman–Crippen LogP) is 7.83. The molecule has 0 bridgehead atoms. The van der Waals surface area contributed by atoms with Crippen molar-refractivity contribution in [3.05, 3.63) is 102 Å². The van der Waals surface area contributed by atoms with E-state index in [4.69, 9.17) is 4.98 Å². The zero-order valence-electron chi connectivity index (χ0n) is 17.1. The van der Waals surface area contributed by atoms with Gasteiger partial charge in [0.25, 0.3) is 0 Å². The van der Waals surface area contributed by atoms with Crippen molar-refractivity contribution in [2.24, 2.45) is 0 Å². The first-order chi connectivity index (χ1) is 14.7.